The fraction of sp³-hybridized carbons (Fsp3) is 0.444. The number of anilines is 2. The second-order valence-electron chi connectivity index (χ2n) is 6.42. The van der Waals surface area contributed by atoms with Crippen molar-refractivity contribution in [3.63, 3.8) is 0 Å². The molecule has 1 aliphatic heterocycles. The molecule has 1 aliphatic rings. The van der Waals surface area contributed by atoms with Crippen molar-refractivity contribution in [3.8, 4) is 0 Å². The van der Waals surface area contributed by atoms with Gasteiger partial charge >= 0.3 is 0 Å². The molecule has 0 aliphatic carbocycles. The first-order valence-corrected chi connectivity index (χ1v) is 8.82. The second-order valence-corrected chi connectivity index (χ2v) is 6.83. The van der Waals surface area contributed by atoms with Crippen molar-refractivity contribution in [3.05, 3.63) is 42.0 Å². The maximum Gasteiger partial charge on any atom is 0.171 e. The summed E-state index contributed by atoms with van der Waals surface area (Å²) in [7, 11) is 0. The molecule has 1 fully saturated rings. The van der Waals surface area contributed by atoms with Gasteiger partial charge in [-0.1, -0.05) is 6.92 Å². The summed E-state index contributed by atoms with van der Waals surface area (Å²) in [5.74, 6) is 3.54. The molecule has 0 spiro atoms. The molecule has 1 atom stereocenters. The van der Waals surface area contributed by atoms with E-state index in [0.717, 1.165) is 42.0 Å². The average molecular weight is 344 g/mol. The summed E-state index contributed by atoms with van der Waals surface area (Å²) >= 11 is 5.31. The number of furan rings is 1. The van der Waals surface area contributed by atoms with E-state index >= 15 is 0 Å². The maximum atomic E-state index is 5.51. The number of piperidine rings is 1. The van der Waals surface area contributed by atoms with Gasteiger partial charge in [-0.2, -0.15) is 0 Å². The SMILES string of the molecule is Cc1ccc(CNC(=S)Nc2ccc(N3CCC[C@@H](C)C3)nc2)o1. The van der Waals surface area contributed by atoms with Crippen molar-refractivity contribution in [2.24, 2.45) is 5.92 Å². The van der Waals surface area contributed by atoms with Gasteiger partial charge in [0.05, 0.1) is 18.4 Å². The minimum absolute atomic E-state index is 0.560. The molecule has 0 aromatic carbocycles. The lowest BCUT2D eigenvalue weighted by Gasteiger charge is -2.31. The largest absolute Gasteiger partial charge is 0.465 e. The van der Waals surface area contributed by atoms with Crippen molar-refractivity contribution >= 4 is 28.8 Å². The standard InChI is InChI=1S/C18H24N4OS/c1-13-4-3-9-22(12-13)17-8-6-15(10-19-17)21-18(24)20-11-16-7-5-14(2)23-16/h5-8,10,13H,3-4,9,11-12H2,1-2H3,(H2,20,21,24)/t13-/m1/s1. The van der Waals surface area contributed by atoms with Crippen molar-refractivity contribution in [1.82, 2.24) is 10.3 Å². The van der Waals surface area contributed by atoms with Crippen molar-refractivity contribution in [2.75, 3.05) is 23.3 Å². The predicted octanol–water partition coefficient (Wildman–Crippen LogP) is 3.71. The Morgan fingerprint density at radius 3 is 2.92 bits per heavy atom. The molecule has 128 valence electrons. The second kappa shape index (κ2) is 7.66. The van der Waals surface area contributed by atoms with Gasteiger partial charge in [-0.05, 0) is 62.2 Å². The van der Waals surface area contributed by atoms with Gasteiger partial charge in [0.1, 0.15) is 17.3 Å². The third-order valence-electron chi connectivity index (χ3n) is 4.21. The number of hydrogen-bond donors (Lipinski definition) is 2. The first kappa shape index (κ1) is 16.8. The van der Waals surface area contributed by atoms with Crippen molar-refractivity contribution in [2.45, 2.75) is 33.2 Å². The smallest absolute Gasteiger partial charge is 0.171 e. The minimum atomic E-state index is 0.560. The summed E-state index contributed by atoms with van der Waals surface area (Å²) in [5, 5.41) is 6.85. The molecule has 0 amide bonds. The van der Waals surface area contributed by atoms with Gasteiger partial charge in [-0.3, -0.25) is 0 Å². The molecule has 0 bridgehead atoms. The molecule has 24 heavy (non-hydrogen) atoms. The number of thiocarbonyl (C=S) groups is 1. The molecule has 5 nitrogen and oxygen atoms in total. The van der Waals surface area contributed by atoms with E-state index < -0.39 is 0 Å². The quantitative estimate of drug-likeness (QED) is 0.825. The summed E-state index contributed by atoms with van der Waals surface area (Å²) in [6, 6.07) is 7.96. The van der Waals surface area contributed by atoms with Crippen LogP contribution in [-0.4, -0.2) is 23.2 Å². The molecule has 1 saturated heterocycles. The zero-order chi connectivity index (χ0) is 16.9. The molecule has 0 unspecified atom stereocenters. The van der Waals surface area contributed by atoms with E-state index in [1.54, 1.807) is 0 Å². The topological polar surface area (TPSA) is 53.3 Å². The van der Waals surface area contributed by atoms with Crippen LogP contribution in [0.15, 0.2) is 34.9 Å². The molecule has 3 rings (SSSR count). The van der Waals surface area contributed by atoms with Gasteiger partial charge in [0.15, 0.2) is 5.11 Å². The molecule has 0 saturated carbocycles. The van der Waals surface area contributed by atoms with Crippen LogP contribution >= 0.6 is 12.2 Å². The van der Waals surface area contributed by atoms with Crippen LogP contribution in [0.2, 0.25) is 0 Å². The van der Waals surface area contributed by atoms with Crippen LogP contribution in [-0.2, 0) is 6.54 Å². The van der Waals surface area contributed by atoms with Gasteiger partial charge in [0, 0.05) is 13.1 Å². The third-order valence-corrected chi connectivity index (χ3v) is 4.45. The molecule has 2 aromatic rings. The lowest BCUT2D eigenvalue weighted by atomic mass is 10.0. The number of hydrogen-bond acceptors (Lipinski definition) is 4. The first-order chi connectivity index (χ1) is 11.6. The number of nitrogens with one attached hydrogen (secondary N) is 2. The normalized spacial score (nSPS) is 17.6. The Kier molecular flexibility index (Phi) is 5.35. The summed E-state index contributed by atoms with van der Waals surface area (Å²) in [4.78, 5) is 6.92. The van der Waals surface area contributed by atoms with Crippen LogP contribution in [0.4, 0.5) is 11.5 Å². The Hall–Kier alpha value is -2.08. The van der Waals surface area contributed by atoms with Crippen LogP contribution in [0.1, 0.15) is 31.3 Å². The Balaban J connectivity index is 1.51. The van der Waals surface area contributed by atoms with Crippen LogP contribution in [0, 0.1) is 12.8 Å². The van der Waals surface area contributed by atoms with Gasteiger partial charge in [0.25, 0.3) is 0 Å². The van der Waals surface area contributed by atoms with Crippen LogP contribution in [0.3, 0.4) is 0 Å². The molecule has 0 radical (unpaired) electrons. The highest BCUT2D eigenvalue weighted by Gasteiger charge is 2.17. The summed E-state index contributed by atoms with van der Waals surface area (Å²) < 4.78 is 5.51. The molecule has 2 aromatic heterocycles. The molecular weight excluding hydrogens is 320 g/mol. The Bertz CT molecular complexity index is 683. The van der Waals surface area contributed by atoms with E-state index in [1.165, 1.54) is 12.8 Å². The molecule has 6 heteroatoms. The zero-order valence-corrected chi connectivity index (χ0v) is 15.0. The highest BCUT2D eigenvalue weighted by atomic mass is 32.1. The highest BCUT2D eigenvalue weighted by molar-refractivity contribution is 7.80. The van der Waals surface area contributed by atoms with Crippen molar-refractivity contribution in [1.29, 1.82) is 0 Å². The van der Waals surface area contributed by atoms with Gasteiger partial charge in [0.2, 0.25) is 0 Å². The van der Waals surface area contributed by atoms with Crippen molar-refractivity contribution < 1.29 is 4.42 Å². The highest BCUT2D eigenvalue weighted by Crippen LogP contribution is 2.22. The van der Waals surface area contributed by atoms with E-state index in [4.69, 9.17) is 16.6 Å². The summed E-state index contributed by atoms with van der Waals surface area (Å²) in [6.45, 7) is 6.97. The lowest BCUT2D eigenvalue weighted by molar-refractivity contribution is 0.444. The average Bonchev–Trinajstić information content (AvgIpc) is 2.99. The number of nitrogens with zero attached hydrogens (tertiary/aromatic N) is 2. The Labute approximate surface area is 148 Å². The number of pyridine rings is 1. The minimum Gasteiger partial charge on any atom is -0.465 e. The summed E-state index contributed by atoms with van der Waals surface area (Å²) in [6.07, 6.45) is 4.38. The van der Waals surface area contributed by atoms with Crippen LogP contribution in [0.25, 0.3) is 0 Å². The van der Waals surface area contributed by atoms with E-state index in [-0.39, 0.29) is 0 Å². The third kappa shape index (κ3) is 4.47. The van der Waals surface area contributed by atoms with E-state index in [1.807, 2.05) is 31.3 Å². The van der Waals surface area contributed by atoms with Gasteiger partial charge in [-0.15, -0.1) is 0 Å². The maximum absolute atomic E-state index is 5.51. The van der Waals surface area contributed by atoms with E-state index in [2.05, 4.69) is 33.5 Å². The molecular formula is C18H24N4OS. The van der Waals surface area contributed by atoms with Crippen LogP contribution < -0.4 is 15.5 Å². The monoisotopic (exact) mass is 344 g/mol. The number of aryl methyl sites for hydroxylation is 1. The van der Waals surface area contributed by atoms with E-state index in [9.17, 15) is 0 Å². The zero-order valence-electron chi connectivity index (χ0n) is 14.2. The van der Waals surface area contributed by atoms with Gasteiger partial charge in [-0.25, -0.2) is 4.98 Å². The predicted molar refractivity (Wildman–Crippen MR) is 101 cm³/mol. The summed E-state index contributed by atoms with van der Waals surface area (Å²) in [5.41, 5.74) is 0.886. The number of aromatic nitrogens is 1. The van der Waals surface area contributed by atoms with E-state index in [0.29, 0.717) is 11.7 Å². The van der Waals surface area contributed by atoms with Gasteiger partial charge < -0.3 is 20.0 Å². The molecule has 3 heterocycles. The Morgan fingerprint density at radius 2 is 2.25 bits per heavy atom. The van der Waals surface area contributed by atoms with Crippen LogP contribution in [0.5, 0.6) is 0 Å². The lowest BCUT2D eigenvalue weighted by Crippen LogP contribution is -2.34. The first-order valence-electron chi connectivity index (χ1n) is 8.41. The fourth-order valence-corrected chi connectivity index (χ4v) is 3.16. The number of rotatable bonds is 4. The Morgan fingerprint density at radius 1 is 1.38 bits per heavy atom. The fourth-order valence-electron chi connectivity index (χ4n) is 2.97. The molecule has 2 N–H and O–H groups in total.